The maximum Gasteiger partial charge on any atom is 0.498 e. The van der Waals surface area contributed by atoms with Crippen molar-refractivity contribution in [1.29, 1.82) is 5.26 Å². The zero-order chi connectivity index (χ0) is 19.6. The fraction of sp³-hybridized carbons (Fsp3) is 0.318. The Kier molecular flexibility index (Phi) is 3.78. The van der Waals surface area contributed by atoms with Gasteiger partial charge in [0.25, 0.3) is 0 Å². The third kappa shape index (κ3) is 2.60. The quantitative estimate of drug-likeness (QED) is 0.618. The molecule has 27 heavy (non-hydrogen) atoms. The Morgan fingerprint density at radius 1 is 1.07 bits per heavy atom. The zero-order valence-corrected chi connectivity index (χ0v) is 16.3. The highest BCUT2D eigenvalue weighted by Crippen LogP contribution is 2.39. The average Bonchev–Trinajstić information content (AvgIpc) is 3.07. The molecule has 136 valence electrons. The van der Waals surface area contributed by atoms with Gasteiger partial charge in [0, 0.05) is 16.2 Å². The summed E-state index contributed by atoms with van der Waals surface area (Å²) in [6.45, 7) is 14.2. The maximum atomic E-state index is 9.21. The van der Waals surface area contributed by atoms with E-state index in [1.54, 1.807) is 12.1 Å². The number of hydrogen-bond acceptors (Lipinski definition) is 4. The molecule has 1 aliphatic rings. The van der Waals surface area contributed by atoms with Gasteiger partial charge >= 0.3 is 7.12 Å². The van der Waals surface area contributed by atoms with Crippen LogP contribution in [0.4, 0.5) is 0 Å². The van der Waals surface area contributed by atoms with Gasteiger partial charge in [-0.15, -0.1) is 0 Å². The zero-order valence-electron chi connectivity index (χ0n) is 16.3. The molecular formula is C22H22BNO3. The van der Waals surface area contributed by atoms with Crippen molar-refractivity contribution in [3.05, 3.63) is 48.0 Å². The fourth-order valence-electron chi connectivity index (χ4n) is 3.48. The predicted octanol–water partition coefficient (Wildman–Crippen LogP) is 4.79. The molecule has 3 aromatic rings. The van der Waals surface area contributed by atoms with E-state index in [-0.39, 0.29) is 0 Å². The van der Waals surface area contributed by atoms with E-state index in [2.05, 4.69) is 12.6 Å². The lowest BCUT2D eigenvalue weighted by atomic mass is 9.77. The van der Waals surface area contributed by atoms with Crippen LogP contribution < -0.4 is 5.46 Å². The summed E-state index contributed by atoms with van der Waals surface area (Å²) in [6.07, 6.45) is 0. The summed E-state index contributed by atoms with van der Waals surface area (Å²) in [5.74, 6) is 0. The van der Waals surface area contributed by atoms with Crippen LogP contribution in [0.25, 0.3) is 27.5 Å². The van der Waals surface area contributed by atoms with E-state index in [0.29, 0.717) is 11.1 Å². The minimum absolute atomic E-state index is 0.434. The summed E-state index contributed by atoms with van der Waals surface area (Å²) >= 11 is 0. The third-order valence-corrected chi connectivity index (χ3v) is 5.75. The van der Waals surface area contributed by atoms with Gasteiger partial charge in [0.1, 0.15) is 11.2 Å². The van der Waals surface area contributed by atoms with Gasteiger partial charge in [0.15, 0.2) is 0 Å². The second-order valence-corrected chi connectivity index (χ2v) is 8.20. The molecule has 0 aliphatic carbocycles. The summed E-state index contributed by atoms with van der Waals surface area (Å²) in [5, 5.41) is 11.2. The molecule has 2 aromatic carbocycles. The van der Waals surface area contributed by atoms with Gasteiger partial charge in [-0.25, -0.2) is 0 Å². The highest BCUT2D eigenvalue weighted by molar-refractivity contribution is 6.65. The molecule has 1 aromatic heterocycles. The van der Waals surface area contributed by atoms with Crippen LogP contribution in [0.3, 0.4) is 0 Å². The number of furan rings is 1. The molecule has 0 spiro atoms. The van der Waals surface area contributed by atoms with Crippen LogP contribution in [0.15, 0.2) is 41.3 Å². The van der Waals surface area contributed by atoms with Crippen LogP contribution in [0.2, 0.25) is 0 Å². The minimum atomic E-state index is -0.521. The number of nitriles is 1. The molecule has 0 saturated carbocycles. The Morgan fingerprint density at radius 3 is 2.33 bits per heavy atom. The van der Waals surface area contributed by atoms with Crippen molar-refractivity contribution in [3.63, 3.8) is 0 Å². The monoisotopic (exact) mass is 359 g/mol. The fourth-order valence-corrected chi connectivity index (χ4v) is 3.48. The maximum absolute atomic E-state index is 9.21. The lowest BCUT2D eigenvalue weighted by molar-refractivity contribution is 0.00578. The smallest absolute Gasteiger partial charge is 0.456 e. The van der Waals surface area contributed by atoms with Crippen LogP contribution >= 0.6 is 0 Å². The predicted molar refractivity (Wildman–Crippen MR) is 109 cm³/mol. The standard InChI is InChI=1S/C22H22BNO3/c1-13(2)15-9-10-17(23-26-21(3,4)22(5,6)27-23)20-19(15)16-8-7-14(12-24)11-18(16)25-20/h7-11H,1H2,2-6H3. The first-order valence-electron chi connectivity index (χ1n) is 9.05. The Labute approximate surface area is 159 Å². The van der Waals surface area contributed by atoms with E-state index < -0.39 is 18.3 Å². The SMILES string of the molecule is C=C(C)c1ccc(B2OC(C)(C)C(C)(C)O2)c2oc3cc(C#N)ccc3c12. The van der Waals surface area contributed by atoms with Gasteiger partial charge in [-0.3, -0.25) is 0 Å². The first-order chi connectivity index (χ1) is 12.6. The Balaban J connectivity index is 2.00. The van der Waals surface area contributed by atoms with Crippen molar-refractivity contribution in [3.8, 4) is 6.07 Å². The summed E-state index contributed by atoms with van der Waals surface area (Å²) in [5.41, 5.74) is 3.92. The molecule has 1 aliphatic heterocycles. The van der Waals surface area contributed by atoms with Gasteiger partial charge in [-0.2, -0.15) is 5.26 Å². The lowest BCUT2D eigenvalue weighted by Gasteiger charge is -2.32. The molecular weight excluding hydrogens is 337 g/mol. The second-order valence-electron chi connectivity index (χ2n) is 8.20. The van der Waals surface area contributed by atoms with E-state index in [9.17, 15) is 5.26 Å². The van der Waals surface area contributed by atoms with E-state index in [1.165, 1.54) is 0 Å². The van der Waals surface area contributed by atoms with Crippen molar-refractivity contribution in [2.45, 2.75) is 45.8 Å². The number of nitrogens with zero attached hydrogens (tertiary/aromatic N) is 1. The summed E-state index contributed by atoms with van der Waals surface area (Å²) in [6, 6.07) is 11.7. The van der Waals surface area contributed by atoms with E-state index in [1.807, 2.05) is 52.8 Å². The molecule has 5 heteroatoms. The molecule has 2 heterocycles. The summed E-state index contributed by atoms with van der Waals surface area (Å²) in [7, 11) is -0.521. The number of rotatable bonds is 2. The molecule has 1 saturated heterocycles. The highest BCUT2D eigenvalue weighted by Gasteiger charge is 2.52. The molecule has 0 unspecified atom stereocenters. The largest absolute Gasteiger partial charge is 0.498 e. The van der Waals surface area contributed by atoms with Gasteiger partial charge in [0.05, 0.1) is 22.8 Å². The molecule has 0 bridgehead atoms. The van der Waals surface area contributed by atoms with Crippen molar-refractivity contribution in [1.82, 2.24) is 0 Å². The van der Waals surface area contributed by atoms with Crippen LogP contribution in [-0.4, -0.2) is 18.3 Å². The van der Waals surface area contributed by atoms with E-state index >= 15 is 0 Å². The number of benzene rings is 2. The van der Waals surface area contributed by atoms with Gasteiger partial charge in [0.2, 0.25) is 0 Å². The molecule has 4 rings (SSSR count). The summed E-state index contributed by atoms with van der Waals surface area (Å²) < 4.78 is 18.7. The third-order valence-electron chi connectivity index (χ3n) is 5.75. The topological polar surface area (TPSA) is 55.4 Å². The van der Waals surface area contributed by atoms with Gasteiger partial charge in [-0.05, 0) is 58.4 Å². The van der Waals surface area contributed by atoms with E-state index in [4.69, 9.17) is 13.7 Å². The molecule has 0 atom stereocenters. The van der Waals surface area contributed by atoms with Crippen LogP contribution in [-0.2, 0) is 9.31 Å². The van der Waals surface area contributed by atoms with E-state index in [0.717, 1.165) is 33.0 Å². The average molecular weight is 359 g/mol. The Bertz CT molecular complexity index is 1120. The van der Waals surface area contributed by atoms with Crippen molar-refractivity contribution >= 4 is 40.1 Å². The molecule has 0 radical (unpaired) electrons. The van der Waals surface area contributed by atoms with Crippen LogP contribution in [0.5, 0.6) is 0 Å². The first kappa shape index (κ1) is 17.8. The Hall–Kier alpha value is -2.55. The number of hydrogen-bond donors (Lipinski definition) is 0. The minimum Gasteiger partial charge on any atom is -0.456 e. The number of allylic oxidation sites excluding steroid dienone is 1. The highest BCUT2D eigenvalue weighted by atomic mass is 16.7. The molecule has 1 fully saturated rings. The van der Waals surface area contributed by atoms with Gasteiger partial charge < -0.3 is 13.7 Å². The van der Waals surface area contributed by atoms with Crippen molar-refractivity contribution in [2.24, 2.45) is 0 Å². The van der Waals surface area contributed by atoms with Crippen molar-refractivity contribution < 1.29 is 13.7 Å². The van der Waals surface area contributed by atoms with Gasteiger partial charge in [-0.1, -0.05) is 24.3 Å². The van der Waals surface area contributed by atoms with Crippen LogP contribution in [0.1, 0.15) is 45.7 Å². The lowest BCUT2D eigenvalue weighted by Crippen LogP contribution is -2.41. The molecule has 0 N–H and O–H groups in total. The molecule has 0 amide bonds. The normalized spacial score (nSPS) is 18.1. The number of fused-ring (bicyclic) bond motifs is 3. The van der Waals surface area contributed by atoms with Crippen molar-refractivity contribution in [2.75, 3.05) is 0 Å². The Morgan fingerprint density at radius 2 is 1.74 bits per heavy atom. The van der Waals surface area contributed by atoms with Crippen LogP contribution in [0, 0.1) is 11.3 Å². The second kappa shape index (κ2) is 5.72. The summed E-state index contributed by atoms with van der Waals surface area (Å²) in [4.78, 5) is 0. The molecule has 4 nitrogen and oxygen atoms in total. The first-order valence-corrected chi connectivity index (χ1v) is 9.05.